The lowest BCUT2D eigenvalue weighted by molar-refractivity contribution is -0.141. The van der Waals surface area contributed by atoms with Crippen LogP contribution in [0.15, 0.2) is 0 Å². The Morgan fingerprint density at radius 1 is 1.53 bits per heavy atom. The van der Waals surface area contributed by atoms with E-state index in [4.69, 9.17) is 4.74 Å². The molecule has 1 aromatic heterocycles. The molecule has 1 atom stereocenters. The minimum Gasteiger partial charge on any atom is -0.368 e. The number of nitrogens with zero attached hydrogens (tertiary/aromatic N) is 1. The highest BCUT2D eigenvalue weighted by atomic mass is 32.1. The van der Waals surface area contributed by atoms with E-state index in [1.54, 1.807) is 6.92 Å². The van der Waals surface area contributed by atoms with Crippen LogP contribution in [0.1, 0.15) is 28.6 Å². The first-order chi connectivity index (χ1) is 8.02. The number of ether oxygens (including phenoxy) is 1. The van der Waals surface area contributed by atoms with Crippen molar-refractivity contribution in [2.75, 3.05) is 19.7 Å². The number of halogens is 3. The van der Waals surface area contributed by atoms with Crippen molar-refractivity contribution in [1.82, 2.24) is 10.3 Å². The van der Waals surface area contributed by atoms with Gasteiger partial charge in [0.15, 0.2) is 5.69 Å². The SMILES string of the molecule is CCc1sc(C2CNCCO2)nc1C(F)(F)F. The zero-order chi connectivity index (χ0) is 12.5. The van der Waals surface area contributed by atoms with Crippen molar-refractivity contribution in [3.63, 3.8) is 0 Å². The number of morpholine rings is 1. The van der Waals surface area contributed by atoms with Crippen LogP contribution in [0, 0.1) is 0 Å². The van der Waals surface area contributed by atoms with Crippen molar-refractivity contribution in [2.45, 2.75) is 25.6 Å². The fourth-order valence-electron chi connectivity index (χ4n) is 1.69. The maximum Gasteiger partial charge on any atom is 0.434 e. The molecule has 0 spiro atoms. The van der Waals surface area contributed by atoms with Gasteiger partial charge in [0.05, 0.1) is 6.61 Å². The minimum absolute atomic E-state index is 0.279. The van der Waals surface area contributed by atoms with Crippen molar-refractivity contribution in [3.8, 4) is 0 Å². The standard InChI is InChI=1S/C10H13F3N2OS/c1-2-7-8(10(11,12)13)15-9(17-7)6-5-14-3-4-16-6/h6,14H,2-5H2,1H3. The van der Waals surface area contributed by atoms with Gasteiger partial charge in [-0.3, -0.25) is 0 Å². The molecule has 0 radical (unpaired) electrons. The van der Waals surface area contributed by atoms with Gasteiger partial charge in [0.1, 0.15) is 11.1 Å². The smallest absolute Gasteiger partial charge is 0.368 e. The summed E-state index contributed by atoms with van der Waals surface area (Å²) in [6, 6.07) is 0. The number of alkyl halides is 3. The molecule has 0 bridgehead atoms. The number of thiazole rings is 1. The van der Waals surface area contributed by atoms with Crippen LogP contribution < -0.4 is 5.32 Å². The van der Waals surface area contributed by atoms with Crippen LogP contribution in [0.3, 0.4) is 0 Å². The lowest BCUT2D eigenvalue weighted by Gasteiger charge is -2.21. The van der Waals surface area contributed by atoms with Crippen molar-refractivity contribution in [1.29, 1.82) is 0 Å². The second kappa shape index (κ2) is 4.91. The Labute approximate surface area is 101 Å². The fraction of sp³-hybridized carbons (Fsp3) is 0.700. The average molecular weight is 266 g/mol. The third-order valence-corrected chi connectivity index (χ3v) is 3.80. The number of aromatic nitrogens is 1. The summed E-state index contributed by atoms with van der Waals surface area (Å²) in [5, 5.41) is 3.50. The molecule has 7 heteroatoms. The molecule has 2 rings (SSSR count). The Morgan fingerprint density at radius 2 is 2.29 bits per heavy atom. The Morgan fingerprint density at radius 3 is 2.76 bits per heavy atom. The van der Waals surface area contributed by atoms with Crippen LogP contribution in [0.25, 0.3) is 0 Å². The molecule has 96 valence electrons. The molecular formula is C10H13F3N2OS. The van der Waals surface area contributed by atoms with E-state index in [-0.39, 0.29) is 11.0 Å². The van der Waals surface area contributed by atoms with Crippen molar-refractivity contribution in [2.24, 2.45) is 0 Å². The first-order valence-corrected chi connectivity index (χ1v) is 6.23. The highest BCUT2D eigenvalue weighted by Gasteiger charge is 2.38. The lowest BCUT2D eigenvalue weighted by Crippen LogP contribution is -2.33. The second-order valence-corrected chi connectivity index (χ2v) is 4.85. The first kappa shape index (κ1) is 12.8. The lowest BCUT2D eigenvalue weighted by atomic mass is 10.3. The van der Waals surface area contributed by atoms with E-state index in [1.807, 2.05) is 0 Å². The quantitative estimate of drug-likeness (QED) is 0.892. The van der Waals surface area contributed by atoms with E-state index in [9.17, 15) is 13.2 Å². The Hall–Kier alpha value is -0.660. The molecule has 1 fully saturated rings. The largest absolute Gasteiger partial charge is 0.434 e. The van der Waals surface area contributed by atoms with Crippen LogP contribution in [0.5, 0.6) is 0 Å². The van der Waals surface area contributed by atoms with Gasteiger partial charge in [0.2, 0.25) is 0 Å². The molecule has 1 saturated heterocycles. The minimum atomic E-state index is -4.37. The summed E-state index contributed by atoms with van der Waals surface area (Å²) in [5.41, 5.74) is -0.755. The summed E-state index contributed by atoms with van der Waals surface area (Å²) in [5.74, 6) is 0. The third-order valence-electron chi connectivity index (χ3n) is 2.51. The molecule has 1 N–H and O–H groups in total. The van der Waals surface area contributed by atoms with E-state index >= 15 is 0 Å². The summed E-state index contributed by atoms with van der Waals surface area (Å²) >= 11 is 1.10. The van der Waals surface area contributed by atoms with E-state index in [1.165, 1.54) is 0 Å². The maximum absolute atomic E-state index is 12.7. The zero-order valence-electron chi connectivity index (χ0n) is 9.30. The molecule has 3 nitrogen and oxygen atoms in total. The number of nitrogens with one attached hydrogen (secondary N) is 1. The van der Waals surface area contributed by atoms with Gasteiger partial charge in [0, 0.05) is 18.0 Å². The summed E-state index contributed by atoms with van der Waals surface area (Å²) in [4.78, 5) is 3.98. The molecule has 0 amide bonds. The molecule has 2 heterocycles. The fourth-order valence-corrected chi connectivity index (χ4v) is 2.77. The highest BCUT2D eigenvalue weighted by molar-refractivity contribution is 7.11. The van der Waals surface area contributed by atoms with Gasteiger partial charge in [-0.05, 0) is 6.42 Å². The second-order valence-electron chi connectivity index (χ2n) is 3.74. The van der Waals surface area contributed by atoms with Crippen LogP contribution in [-0.4, -0.2) is 24.7 Å². The normalized spacial score (nSPS) is 21.8. The molecule has 0 aliphatic carbocycles. The molecule has 1 aliphatic heterocycles. The van der Waals surface area contributed by atoms with Crippen LogP contribution in [-0.2, 0) is 17.3 Å². The summed E-state index contributed by atoms with van der Waals surface area (Å²) in [6.45, 7) is 3.46. The monoisotopic (exact) mass is 266 g/mol. The summed E-state index contributed by atoms with van der Waals surface area (Å²) in [7, 11) is 0. The van der Waals surface area contributed by atoms with Crippen molar-refractivity contribution < 1.29 is 17.9 Å². The van der Waals surface area contributed by atoms with Gasteiger partial charge >= 0.3 is 6.18 Å². The van der Waals surface area contributed by atoms with Crippen LogP contribution in [0.2, 0.25) is 0 Å². The highest BCUT2D eigenvalue weighted by Crippen LogP contribution is 2.37. The van der Waals surface area contributed by atoms with Gasteiger partial charge in [-0.25, -0.2) is 4.98 Å². The van der Waals surface area contributed by atoms with Gasteiger partial charge in [-0.2, -0.15) is 13.2 Å². The predicted octanol–water partition coefficient (Wildman–Crippen LogP) is 2.39. The van der Waals surface area contributed by atoms with Gasteiger partial charge < -0.3 is 10.1 Å². The first-order valence-electron chi connectivity index (χ1n) is 5.41. The van der Waals surface area contributed by atoms with Gasteiger partial charge in [-0.15, -0.1) is 11.3 Å². The molecule has 0 aromatic carbocycles. The van der Waals surface area contributed by atoms with E-state index in [0.717, 1.165) is 17.9 Å². The Bertz CT molecular complexity index is 385. The molecule has 1 unspecified atom stereocenters. The Kier molecular flexibility index (Phi) is 3.70. The molecule has 17 heavy (non-hydrogen) atoms. The van der Waals surface area contributed by atoms with E-state index < -0.39 is 11.9 Å². The Balaban J connectivity index is 2.27. The van der Waals surface area contributed by atoms with Crippen LogP contribution in [0.4, 0.5) is 13.2 Å². The average Bonchev–Trinajstić information content (AvgIpc) is 2.74. The summed E-state index contributed by atoms with van der Waals surface area (Å²) < 4.78 is 43.5. The van der Waals surface area contributed by atoms with Crippen molar-refractivity contribution in [3.05, 3.63) is 15.6 Å². The van der Waals surface area contributed by atoms with E-state index in [0.29, 0.717) is 24.6 Å². The molecular weight excluding hydrogens is 253 g/mol. The predicted molar refractivity (Wildman–Crippen MR) is 58.1 cm³/mol. The van der Waals surface area contributed by atoms with Gasteiger partial charge in [0.25, 0.3) is 0 Å². The third kappa shape index (κ3) is 2.78. The van der Waals surface area contributed by atoms with Crippen molar-refractivity contribution >= 4 is 11.3 Å². The molecule has 0 saturated carbocycles. The number of hydrogen-bond donors (Lipinski definition) is 1. The topological polar surface area (TPSA) is 34.1 Å². The van der Waals surface area contributed by atoms with Gasteiger partial charge in [-0.1, -0.05) is 6.92 Å². The summed E-state index contributed by atoms with van der Waals surface area (Å²) in [6.07, 6.45) is -4.38. The number of rotatable bonds is 2. The molecule has 1 aromatic rings. The maximum atomic E-state index is 12.7. The number of hydrogen-bond acceptors (Lipinski definition) is 4. The number of aryl methyl sites for hydroxylation is 1. The van der Waals surface area contributed by atoms with Crippen LogP contribution >= 0.6 is 11.3 Å². The zero-order valence-corrected chi connectivity index (χ0v) is 10.1. The molecule has 1 aliphatic rings. The van der Waals surface area contributed by atoms with E-state index in [2.05, 4.69) is 10.3 Å².